The van der Waals surface area contributed by atoms with Crippen molar-refractivity contribution in [2.75, 3.05) is 45.2 Å². The molecule has 1 aromatic rings. The highest BCUT2D eigenvalue weighted by molar-refractivity contribution is 6.33. The third-order valence-electron chi connectivity index (χ3n) is 5.29. The van der Waals surface area contributed by atoms with Gasteiger partial charge in [-0.05, 0) is 58.0 Å². The lowest BCUT2D eigenvalue weighted by Gasteiger charge is -2.40. The van der Waals surface area contributed by atoms with Crippen molar-refractivity contribution in [3.05, 3.63) is 28.8 Å². The Balaban J connectivity index is 1.68. The fourth-order valence-electron chi connectivity index (χ4n) is 4.04. The average Bonchev–Trinajstić information content (AvgIpc) is 2.96. The molecule has 1 atom stereocenters. The average molecular weight is 380 g/mol. The van der Waals surface area contributed by atoms with Crippen molar-refractivity contribution in [2.45, 2.75) is 26.2 Å². The zero-order chi connectivity index (χ0) is 18.7. The number of hydrogen-bond donors (Lipinski definition) is 1. The summed E-state index contributed by atoms with van der Waals surface area (Å²) in [5, 5.41) is 3.21. The van der Waals surface area contributed by atoms with Crippen LogP contribution in [0.15, 0.2) is 18.2 Å². The molecule has 0 radical (unpaired) electrons. The van der Waals surface area contributed by atoms with E-state index in [-0.39, 0.29) is 23.6 Å². The number of ether oxygens (including phenoxy) is 1. The molecule has 1 spiro atoms. The van der Waals surface area contributed by atoms with Crippen LogP contribution in [0.4, 0.5) is 10.5 Å². The van der Waals surface area contributed by atoms with Crippen molar-refractivity contribution in [1.82, 2.24) is 9.80 Å². The maximum Gasteiger partial charge on any atom is 0.339 e. The first-order valence-electron chi connectivity index (χ1n) is 9.14. The second-order valence-electron chi connectivity index (χ2n) is 7.36. The van der Waals surface area contributed by atoms with Crippen LogP contribution in [0.3, 0.4) is 0 Å². The summed E-state index contributed by atoms with van der Waals surface area (Å²) in [7, 11) is 2.14. The van der Waals surface area contributed by atoms with Gasteiger partial charge in [-0.15, -0.1) is 0 Å². The molecular formula is C19H26ClN3O3. The summed E-state index contributed by atoms with van der Waals surface area (Å²) in [6.45, 7) is 5.69. The summed E-state index contributed by atoms with van der Waals surface area (Å²) < 4.78 is 5.01. The van der Waals surface area contributed by atoms with E-state index >= 15 is 0 Å². The number of likely N-dealkylation sites (tertiary alicyclic amines) is 2. The molecule has 2 saturated heterocycles. The molecule has 0 saturated carbocycles. The first-order valence-corrected chi connectivity index (χ1v) is 9.51. The van der Waals surface area contributed by atoms with Gasteiger partial charge in [0.05, 0.1) is 17.2 Å². The maximum atomic E-state index is 12.7. The number of urea groups is 1. The molecular weight excluding hydrogens is 354 g/mol. The second-order valence-corrected chi connectivity index (χ2v) is 7.77. The molecule has 6 nitrogen and oxygen atoms in total. The van der Waals surface area contributed by atoms with Crippen LogP contribution in [0.25, 0.3) is 0 Å². The minimum atomic E-state index is -0.487. The Labute approximate surface area is 159 Å². The molecule has 3 rings (SSSR count). The summed E-state index contributed by atoms with van der Waals surface area (Å²) in [6, 6.07) is 4.75. The van der Waals surface area contributed by atoms with Gasteiger partial charge in [0.1, 0.15) is 0 Å². The Morgan fingerprint density at radius 1 is 1.27 bits per heavy atom. The van der Waals surface area contributed by atoms with E-state index in [1.807, 2.05) is 4.90 Å². The molecule has 26 heavy (non-hydrogen) atoms. The number of rotatable bonds is 3. The van der Waals surface area contributed by atoms with Crippen molar-refractivity contribution in [2.24, 2.45) is 5.41 Å². The van der Waals surface area contributed by atoms with E-state index in [0.717, 1.165) is 39.0 Å². The van der Waals surface area contributed by atoms with Gasteiger partial charge in [-0.2, -0.15) is 0 Å². The number of nitrogens with zero attached hydrogens (tertiary/aromatic N) is 2. The first kappa shape index (κ1) is 19.0. The van der Waals surface area contributed by atoms with Crippen molar-refractivity contribution >= 4 is 29.3 Å². The highest BCUT2D eigenvalue weighted by atomic mass is 35.5. The SMILES string of the molecule is CCOC(=O)c1cc(NC(=O)N2CCCC3(CCN(C)C3)C2)ccc1Cl. The molecule has 2 aliphatic heterocycles. The number of benzene rings is 1. The molecule has 1 aromatic carbocycles. The zero-order valence-corrected chi connectivity index (χ0v) is 16.1. The lowest BCUT2D eigenvalue weighted by Crippen LogP contribution is -2.48. The largest absolute Gasteiger partial charge is 0.462 e. The molecule has 2 fully saturated rings. The normalized spacial score (nSPS) is 23.3. The van der Waals surface area contributed by atoms with Crippen LogP contribution >= 0.6 is 11.6 Å². The zero-order valence-electron chi connectivity index (χ0n) is 15.4. The predicted octanol–water partition coefficient (Wildman–Crippen LogP) is 3.47. The number of piperidine rings is 1. The first-order chi connectivity index (χ1) is 12.4. The number of carbonyl (C=O) groups excluding carboxylic acids is 2. The summed E-state index contributed by atoms with van der Waals surface area (Å²) in [6.07, 6.45) is 3.34. The lowest BCUT2D eigenvalue weighted by molar-refractivity contribution is 0.0526. The van der Waals surface area contributed by atoms with Crippen LogP contribution in [0, 0.1) is 5.41 Å². The fourth-order valence-corrected chi connectivity index (χ4v) is 4.24. The summed E-state index contributed by atoms with van der Waals surface area (Å²) >= 11 is 6.08. The molecule has 2 amide bonds. The minimum absolute atomic E-state index is 0.129. The number of carbonyl (C=O) groups is 2. The van der Waals surface area contributed by atoms with Gasteiger partial charge < -0.3 is 19.9 Å². The molecule has 0 aliphatic carbocycles. The van der Waals surface area contributed by atoms with Crippen LogP contribution in [0.2, 0.25) is 5.02 Å². The predicted molar refractivity (Wildman–Crippen MR) is 102 cm³/mol. The smallest absolute Gasteiger partial charge is 0.339 e. The summed E-state index contributed by atoms with van der Waals surface area (Å²) in [5.41, 5.74) is 1.03. The lowest BCUT2D eigenvalue weighted by atomic mass is 9.79. The van der Waals surface area contributed by atoms with Gasteiger partial charge in [0.15, 0.2) is 0 Å². The molecule has 142 valence electrons. The molecule has 0 bridgehead atoms. The number of anilines is 1. The van der Waals surface area contributed by atoms with Gasteiger partial charge in [0, 0.05) is 30.7 Å². The van der Waals surface area contributed by atoms with Gasteiger partial charge in [-0.3, -0.25) is 0 Å². The van der Waals surface area contributed by atoms with E-state index in [9.17, 15) is 9.59 Å². The number of hydrogen-bond acceptors (Lipinski definition) is 4. The van der Waals surface area contributed by atoms with Crippen LogP contribution in [0.1, 0.15) is 36.5 Å². The number of halogens is 1. The highest BCUT2D eigenvalue weighted by Crippen LogP contribution is 2.38. The Kier molecular flexibility index (Phi) is 5.73. The monoisotopic (exact) mass is 379 g/mol. The van der Waals surface area contributed by atoms with Crippen molar-refractivity contribution in [3.8, 4) is 0 Å². The van der Waals surface area contributed by atoms with Gasteiger partial charge >= 0.3 is 12.0 Å². The van der Waals surface area contributed by atoms with Crippen LogP contribution in [0.5, 0.6) is 0 Å². The van der Waals surface area contributed by atoms with E-state index in [4.69, 9.17) is 16.3 Å². The minimum Gasteiger partial charge on any atom is -0.462 e. The second kappa shape index (κ2) is 7.84. The molecule has 1 N–H and O–H groups in total. The molecule has 0 aromatic heterocycles. The molecule has 2 aliphatic rings. The quantitative estimate of drug-likeness (QED) is 0.817. The maximum absolute atomic E-state index is 12.7. The third-order valence-corrected chi connectivity index (χ3v) is 5.62. The van der Waals surface area contributed by atoms with Crippen molar-refractivity contribution in [3.63, 3.8) is 0 Å². The van der Waals surface area contributed by atoms with E-state index < -0.39 is 5.97 Å². The highest BCUT2D eigenvalue weighted by Gasteiger charge is 2.41. The summed E-state index contributed by atoms with van der Waals surface area (Å²) in [5.74, 6) is -0.487. The van der Waals surface area contributed by atoms with Crippen molar-refractivity contribution in [1.29, 1.82) is 0 Å². The molecule has 1 unspecified atom stereocenters. The number of nitrogens with one attached hydrogen (secondary N) is 1. The van der Waals surface area contributed by atoms with E-state index in [1.165, 1.54) is 6.42 Å². The van der Waals surface area contributed by atoms with E-state index in [1.54, 1.807) is 25.1 Å². The Bertz CT molecular complexity index is 693. The Morgan fingerprint density at radius 3 is 2.77 bits per heavy atom. The Hall–Kier alpha value is -1.79. The van der Waals surface area contributed by atoms with Gasteiger partial charge in [0.25, 0.3) is 0 Å². The van der Waals surface area contributed by atoms with Gasteiger partial charge in [0.2, 0.25) is 0 Å². The topological polar surface area (TPSA) is 61.9 Å². The molecule has 7 heteroatoms. The molecule has 2 heterocycles. The van der Waals surface area contributed by atoms with Crippen molar-refractivity contribution < 1.29 is 14.3 Å². The van der Waals surface area contributed by atoms with Gasteiger partial charge in [-0.1, -0.05) is 11.6 Å². The number of esters is 1. The number of amides is 2. The van der Waals surface area contributed by atoms with Crippen LogP contribution < -0.4 is 5.32 Å². The third kappa shape index (κ3) is 4.13. The summed E-state index contributed by atoms with van der Waals surface area (Å²) in [4.78, 5) is 28.9. The van der Waals surface area contributed by atoms with E-state index in [0.29, 0.717) is 10.7 Å². The van der Waals surface area contributed by atoms with Crippen LogP contribution in [-0.2, 0) is 4.74 Å². The van der Waals surface area contributed by atoms with Crippen LogP contribution in [-0.4, -0.2) is 61.6 Å². The fraction of sp³-hybridized carbons (Fsp3) is 0.579. The standard InChI is InChI=1S/C19H26ClN3O3/c1-3-26-17(24)15-11-14(5-6-16(15)20)21-18(25)23-9-4-7-19(13-23)8-10-22(2)12-19/h5-6,11H,3-4,7-10,12-13H2,1-2H3,(H,21,25). The van der Waals surface area contributed by atoms with Gasteiger partial charge in [-0.25, -0.2) is 9.59 Å². The Morgan fingerprint density at radius 2 is 2.08 bits per heavy atom. The van der Waals surface area contributed by atoms with E-state index in [2.05, 4.69) is 17.3 Å².